The molecule has 1 fully saturated rings. The van der Waals surface area contributed by atoms with Gasteiger partial charge in [-0.05, 0) is 30.7 Å². The van der Waals surface area contributed by atoms with Gasteiger partial charge in [0.25, 0.3) is 11.8 Å². The molecule has 3 aromatic rings. The van der Waals surface area contributed by atoms with Crippen molar-refractivity contribution in [2.75, 3.05) is 26.3 Å². The summed E-state index contributed by atoms with van der Waals surface area (Å²) in [5.41, 5.74) is 1.51. The molecule has 2 aromatic carbocycles. The lowest BCUT2D eigenvalue weighted by Gasteiger charge is -2.30. The molecular weight excluding hydrogens is 370 g/mol. The van der Waals surface area contributed by atoms with Gasteiger partial charge >= 0.3 is 0 Å². The summed E-state index contributed by atoms with van der Waals surface area (Å²) in [6.45, 7) is 4.23. The van der Waals surface area contributed by atoms with Crippen LogP contribution in [0.1, 0.15) is 13.3 Å². The molecule has 1 aliphatic rings. The third-order valence-corrected chi connectivity index (χ3v) is 4.80. The molecule has 2 heterocycles. The summed E-state index contributed by atoms with van der Waals surface area (Å²) < 4.78 is 17.3. The maximum Gasteiger partial charge on any atom is 0.263 e. The van der Waals surface area contributed by atoms with Crippen LogP contribution in [-0.2, 0) is 9.53 Å². The highest BCUT2D eigenvalue weighted by Crippen LogP contribution is 2.32. The number of amides is 1. The van der Waals surface area contributed by atoms with Crippen LogP contribution in [-0.4, -0.2) is 53.4 Å². The summed E-state index contributed by atoms with van der Waals surface area (Å²) in [4.78, 5) is 14.7. The molecule has 1 aliphatic heterocycles. The lowest BCUT2D eigenvalue weighted by atomic mass is 10.1. The molecule has 1 amide bonds. The first kappa shape index (κ1) is 19.1. The molecule has 1 unspecified atom stereocenters. The average Bonchev–Trinajstić information content (AvgIpc) is 3.28. The number of rotatable bonds is 6. The second kappa shape index (κ2) is 8.87. The summed E-state index contributed by atoms with van der Waals surface area (Å²) in [7, 11) is 0. The molecule has 0 saturated carbocycles. The first-order valence-electron chi connectivity index (χ1n) is 9.77. The van der Waals surface area contributed by atoms with Gasteiger partial charge in [-0.25, -0.2) is 0 Å². The molecule has 1 aromatic heterocycles. The fourth-order valence-corrected chi connectivity index (χ4v) is 3.22. The number of carbonyl (C=O) groups is 1. The molecule has 0 radical (unpaired) electrons. The van der Waals surface area contributed by atoms with Crippen LogP contribution in [0.2, 0.25) is 0 Å². The van der Waals surface area contributed by atoms with Crippen LogP contribution in [0.25, 0.3) is 22.9 Å². The molecule has 1 saturated heterocycles. The van der Waals surface area contributed by atoms with Crippen LogP contribution >= 0.6 is 0 Å². The number of ether oxygens (including phenoxy) is 2. The Morgan fingerprint density at radius 2 is 1.72 bits per heavy atom. The highest BCUT2D eigenvalue weighted by atomic mass is 16.5. The number of nitrogens with zero attached hydrogens (tertiary/aromatic N) is 3. The highest BCUT2D eigenvalue weighted by molar-refractivity contribution is 5.81. The lowest BCUT2D eigenvalue weighted by Crippen LogP contribution is -2.47. The minimum Gasteiger partial charge on any atom is -0.480 e. The number of para-hydroxylation sites is 1. The zero-order chi connectivity index (χ0) is 20.1. The van der Waals surface area contributed by atoms with E-state index in [1.807, 2.05) is 61.5 Å². The molecule has 0 aliphatic carbocycles. The van der Waals surface area contributed by atoms with E-state index in [9.17, 15) is 4.79 Å². The Bertz CT molecular complexity index is 951. The van der Waals surface area contributed by atoms with Crippen LogP contribution in [0.3, 0.4) is 0 Å². The van der Waals surface area contributed by atoms with Crippen LogP contribution in [0.5, 0.6) is 5.75 Å². The van der Waals surface area contributed by atoms with Crippen molar-refractivity contribution in [1.82, 2.24) is 15.1 Å². The monoisotopic (exact) mass is 393 g/mol. The number of hydrogen-bond acceptors (Lipinski definition) is 6. The van der Waals surface area contributed by atoms with E-state index in [0.717, 1.165) is 5.56 Å². The van der Waals surface area contributed by atoms with Gasteiger partial charge in [0.2, 0.25) is 5.89 Å². The van der Waals surface area contributed by atoms with Gasteiger partial charge in [-0.1, -0.05) is 37.3 Å². The fourth-order valence-electron chi connectivity index (χ4n) is 3.22. The van der Waals surface area contributed by atoms with Crippen LogP contribution < -0.4 is 4.74 Å². The third-order valence-electron chi connectivity index (χ3n) is 4.80. The Labute approximate surface area is 169 Å². The summed E-state index contributed by atoms with van der Waals surface area (Å²) >= 11 is 0. The number of aromatic nitrogens is 2. The minimum absolute atomic E-state index is 0.0268. The Balaban J connectivity index is 1.57. The number of benzene rings is 2. The Hall–Kier alpha value is -3.19. The van der Waals surface area contributed by atoms with Crippen LogP contribution in [0.15, 0.2) is 59.0 Å². The maximum atomic E-state index is 12.9. The fraction of sp³-hybridized carbons (Fsp3) is 0.318. The summed E-state index contributed by atoms with van der Waals surface area (Å²) in [6, 6.07) is 17.0. The molecule has 1 atom stereocenters. The van der Waals surface area contributed by atoms with Crippen molar-refractivity contribution in [3.63, 3.8) is 0 Å². The summed E-state index contributed by atoms with van der Waals surface area (Å²) in [6.07, 6.45) is -0.0188. The molecule has 0 spiro atoms. The summed E-state index contributed by atoms with van der Waals surface area (Å²) in [5, 5.41) is 8.33. The predicted octanol–water partition coefficient (Wildman–Crippen LogP) is 3.42. The Morgan fingerprint density at radius 1 is 1.03 bits per heavy atom. The van der Waals surface area contributed by atoms with Crippen molar-refractivity contribution in [3.8, 4) is 28.7 Å². The number of hydrogen-bond donors (Lipinski definition) is 0. The first-order valence-corrected chi connectivity index (χ1v) is 9.77. The molecule has 0 N–H and O–H groups in total. The Morgan fingerprint density at radius 3 is 2.48 bits per heavy atom. The SMILES string of the molecule is CCC(Oc1ccccc1-c1nnc(-c2ccccc2)o1)C(=O)N1CCOCC1. The van der Waals surface area contributed by atoms with Gasteiger partial charge < -0.3 is 18.8 Å². The van der Waals surface area contributed by atoms with Crippen LogP contribution in [0.4, 0.5) is 0 Å². The van der Waals surface area contributed by atoms with Gasteiger partial charge in [0.15, 0.2) is 6.10 Å². The second-order valence-electron chi connectivity index (χ2n) is 6.73. The molecule has 7 heteroatoms. The van der Waals surface area contributed by atoms with Crippen molar-refractivity contribution in [2.45, 2.75) is 19.4 Å². The standard InChI is InChI=1S/C22H23N3O4/c1-2-18(22(26)25-12-14-27-15-13-25)28-19-11-7-6-10-17(19)21-24-23-20(29-21)16-8-4-3-5-9-16/h3-11,18H,2,12-15H2,1H3. The third kappa shape index (κ3) is 4.30. The van der Waals surface area contributed by atoms with Crippen LogP contribution in [0, 0.1) is 0 Å². The molecule has 150 valence electrons. The molecular formula is C22H23N3O4. The van der Waals surface area contributed by atoms with E-state index in [-0.39, 0.29) is 5.91 Å². The number of morpholine rings is 1. The predicted molar refractivity (Wildman–Crippen MR) is 107 cm³/mol. The van der Waals surface area contributed by atoms with E-state index in [1.165, 1.54) is 0 Å². The van der Waals surface area contributed by atoms with Crippen molar-refractivity contribution in [2.24, 2.45) is 0 Å². The van der Waals surface area contributed by atoms with Gasteiger partial charge in [-0.3, -0.25) is 4.79 Å². The minimum atomic E-state index is -0.578. The van der Waals surface area contributed by atoms with Gasteiger partial charge in [-0.2, -0.15) is 0 Å². The highest BCUT2D eigenvalue weighted by Gasteiger charge is 2.27. The van der Waals surface area contributed by atoms with E-state index >= 15 is 0 Å². The van der Waals surface area contributed by atoms with E-state index in [4.69, 9.17) is 13.9 Å². The Kier molecular flexibility index (Phi) is 5.86. The molecule has 0 bridgehead atoms. The molecule has 4 rings (SSSR count). The van der Waals surface area contributed by atoms with E-state index in [1.54, 1.807) is 4.90 Å². The smallest absolute Gasteiger partial charge is 0.263 e. The zero-order valence-electron chi connectivity index (χ0n) is 16.3. The largest absolute Gasteiger partial charge is 0.480 e. The van der Waals surface area contributed by atoms with Gasteiger partial charge in [-0.15, -0.1) is 10.2 Å². The topological polar surface area (TPSA) is 77.7 Å². The van der Waals surface area contributed by atoms with Gasteiger partial charge in [0.1, 0.15) is 5.75 Å². The van der Waals surface area contributed by atoms with E-state index in [2.05, 4.69) is 10.2 Å². The van der Waals surface area contributed by atoms with E-state index in [0.29, 0.717) is 55.8 Å². The second-order valence-corrected chi connectivity index (χ2v) is 6.73. The van der Waals surface area contributed by atoms with E-state index < -0.39 is 6.10 Å². The quantitative estimate of drug-likeness (QED) is 0.639. The van der Waals surface area contributed by atoms with Crippen molar-refractivity contribution >= 4 is 5.91 Å². The molecule has 7 nitrogen and oxygen atoms in total. The van der Waals surface area contributed by atoms with Crippen molar-refractivity contribution in [3.05, 3.63) is 54.6 Å². The first-order chi connectivity index (χ1) is 14.3. The maximum absolute atomic E-state index is 12.9. The average molecular weight is 393 g/mol. The van der Waals surface area contributed by atoms with Crippen molar-refractivity contribution < 1.29 is 18.7 Å². The normalized spacial score (nSPS) is 15.1. The zero-order valence-corrected chi connectivity index (χ0v) is 16.3. The number of carbonyl (C=O) groups excluding carboxylic acids is 1. The van der Waals surface area contributed by atoms with Gasteiger partial charge in [0.05, 0.1) is 18.8 Å². The summed E-state index contributed by atoms with van der Waals surface area (Å²) in [5.74, 6) is 1.31. The lowest BCUT2D eigenvalue weighted by molar-refractivity contribution is -0.142. The van der Waals surface area contributed by atoms with Gasteiger partial charge in [0, 0.05) is 18.7 Å². The molecule has 29 heavy (non-hydrogen) atoms. The van der Waals surface area contributed by atoms with Crippen molar-refractivity contribution in [1.29, 1.82) is 0 Å².